The van der Waals surface area contributed by atoms with E-state index in [-0.39, 0.29) is 17.9 Å². The van der Waals surface area contributed by atoms with Gasteiger partial charge in [0.05, 0.1) is 6.61 Å². The molecule has 2 amide bonds. The van der Waals surface area contributed by atoms with Crippen LogP contribution >= 0.6 is 0 Å². The molecule has 0 aromatic heterocycles. The van der Waals surface area contributed by atoms with Gasteiger partial charge in [0.2, 0.25) is 11.8 Å². The molecule has 0 radical (unpaired) electrons. The Morgan fingerprint density at radius 2 is 1.88 bits per heavy atom. The van der Waals surface area contributed by atoms with Crippen LogP contribution in [0.2, 0.25) is 0 Å². The number of benzene rings is 1. The number of nitrogens with one attached hydrogen (secondary N) is 1. The third kappa shape index (κ3) is 6.70. The number of carbonyl (C=O) groups is 2. The van der Waals surface area contributed by atoms with Crippen LogP contribution in [-0.2, 0) is 9.59 Å². The number of hydrogen-bond acceptors (Lipinski definition) is 3. The van der Waals surface area contributed by atoms with Gasteiger partial charge in [-0.25, -0.2) is 0 Å². The highest BCUT2D eigenvalue weighted by Crippen LogP contribution is 2.16. The summed E-state index contributed by atoms with van der Waals surface area (Å²) in [6.07, 6.45) is 5.53. The Hall–Kier alpha value is -2.04. The van der Waals surface area contributed by atoms with E-state index in [9.17, 15) is 9.59 Å². The Balaban J connectivity index is 1.59. The summed E-state index contributed by atoms with van der Waals surface area (Å²) in [5.74, 6) is 1.21. The van der Waals surface area contributed by atoms with Crippen molar-refractivity contribution in [1.82, 2.24) is 10.2 Å². The lowest BCUT2D eigenvalue weighted by Crippen LogP contribution is -2.46. The molecule has 0 spiro atoms. The molecule has 1 aromatic carbocycles. The molecule has 1 aliphatic heterocycles. The average molecular weight is 360 g/mol. The van der Waals surface area contributed by atoms with Gasteiger partial charge in [0.25, 0.3) is 0 Å². The fraction of sp³-hybridized carbons (Fsp3) is 0.619. The summed E-state index contributed by atoms with van der Waals surface area (Å²) < 4.78 is 5.73. The van der Waals surface area contributed by atoms with Crippen molar-refractivity contribution in [2.75, 3.05) is 19.7 Å². The normalized spacial score (nSPS) is 14.9. The Morgan fingerprint density at radius 1 is 1.15 bits per heavy atom. The molecule has 1 fully saturated rings. The second-order valence-corrected chi connectivity index (χ2v) is 7.04. The number of amides is 2. The maximum Gasteiger partial charge on any atom is 0.222 e. The lowest BCUT2D eigenvalue weighted by Gasteiger charge is -2.32. The molecule has 0 aliphatic carbocycles. The number of ether oxygens (including phenoxy) is 1. The van der Waals surface area contributed by atoms with Gasteiger partial charge < -0.3 is 15.0 Å². The van der Waals surface area contributed by atoms with Gasteiger partial charge in [0, 0.05) is 32.0 Å². The Kier molecular flexibility index (Phi) is 8.45. The van der Waals surface area contributed by atoms with Crippen molar-refractivity contribution in [2.24, 2.45) is 0 Å². The molecule has 1 heterocycles. The maximum atomic E-state index is 12.1. The van der Waals surface area contributed by atoms with Crippen LogP contribution in [0.3, 0.4) is 0 Å². The second-order valence-electron chi connectivity index (χ2n) is 7.04. The van der Waals surface area contributed by atoms with Gasteiger partial charge in [-0.2, -0.15) is 0 Å². The summed E-state index contributed by atoms with van der Waals surface area (Å²) in [6.45, 7) is 6.17. The predicted octanol–water partition coefficient (Wildman–Crippen LogP) is 3.45. The van der Waals surface area contributed by atoms with Crippen molar-refractivity contribution >= 4 is 11.8 Å². The summed E-state index contributed by atoms with van der Waals surface area (Å²) in [4.78, 5) is 26.1. The highest BCUT2D eigenvalue weighted by Gasteiger charge is 2.23. The summed E-state index contributed by atoms with van der Waals surface area (Å²) in [6, 6.07) is 8.09. The third-order valence-electron chi connectivity index (χ3n) is 4.86. The number of rotatable bonds is 9. The van der Waals surface area contributed by atoms with Crippen LogP contribution in [0.1, 0.15) is 57.4 Å². The molecule has 2 rings (SSSR count). The molecular weight excluding hydrogens is 328 g/mol. The zero-order valence-electron chi connectivity index (χ0n) is 16.1. The van der Waals surface area contributed by atoms with Gasteiger partial charge in [-0.3, -0.25) is 9.59 Å². The third-order valence-corrected chi connectivity index (χ3v) is 4.86. The minimum absolute atomic E-state index is 0.0779. The molecule has 5 nitrogen and oxygen atoms in total. The summed E-state index contributed by atoms with van der Waals surface area (Å²) in [7, 11) is 0. The molecule has 144 valence electrons. The van der Waals surface area contributed by atoms with Crippen molar-refractivity contribution in [3.63, 3.8) is 0 Å². The highest BCUT2D eigenvalue weighted by atomic mass is 16.5. The zero-order valence-corrected chi connectivity index (χ0v) is 16.1. The average Bonchev–Trinajstić information content (AvgIpc) is 2.65. The van der Waals surface area contributed by atoms with E-state index in [4.69, 9.17) is 4.74 Å². The molecule has 0 bridgehead atoms. The monoisotopic (exact) mass is 360 g/mol. The van der Waals surface area contributed by atoms with E-state index in [1.165, 1.54) is 0 Å². The van der Waals surface area contributed by atoms with Crippen molar-refractivity contribution < 1.29 is 14.3 Å². The van der Waals surface area contributed by atoms with E-state index in [0.717, 1.165) is 50.1 Å². The fourth-order valence-electron chi connectivity index (χ4n) is 3.19. The minimum atomic E-state index is 0.0779. The van der Waals surface area contributed by atoms with Crippen molar-refractivity contribution in [3.8, 4) is 5.75 Å². The first kappa shape index (κ1) is 20.3. The molecule has 1 aromatic rings. The van der Waals surface area contributed by atoms with Gasteiger partial charge in [-0.15, -0.1) is 0 Å². The van der Waals surface area contributed by atoms with Crippen LogP contribution in [0.15, 0.2) is 24.3 Å². The first-order chi connectivity index (χ1) is 12.6. The van der Waals surface area contributed by atoms with Crippen LogP contribution in [0.25, 0.3) is 0 Å². The molecule has 1 saturated heterocycles. The molecule has 1 aliphatic rings. The van der Waals surface area contributed by atoms with Gasteiger partial charge in [-0.1, -0.05) is 31.5 Å². The Morgan fingerprint density at radius 3 is 2.58 bits per heavy atom. The Bertz CT molecular complexity index is 580. The number of likely N-dealkylation sites (tertiary alicyclic amines) is 1. The number of piperidine rings is 1. The first-order valence-electron chi connectivity index (χ1n) is 9.85. The van der Waals surface area contributed by atoms with E-state index in [1.54, 1.807) is 0 Å². The minimum Gasteiger partial charge on any atom is -0.493 e. The van der Waals surface area contributed by atoms with Crippen LogP contribution < -0.4 is 10.1 Å². The van der Waals surface area contributed by atoms with Crippen LogP contribution in [-0.4, -0.2) is 42.5 Å². The van der Waals surface area contributed by atoms with Crippen LogP contribution in [0, 0.1) is 6.92 Å². The first-order valence-corrected chi connectivity index (χ1v) is 9.85. The largest absolute Gasteiger partial charge is 0.493 e. The lowest BCUT2D eigenvalue weighted by molar-refractivity contribution is -0.132. The number of unbranched alkanes of at least 4 members (excludes halogenated alkanes) is 1. The van der Waals surface area contributed by atoms with Crippen LogP contribution in [0.5, 0.6) is 5.75 Å². The summed E-state index contributed by atoms with van der Waals surface area (Å²) >= 11 is 0. The number of carbonyl (C=O) groups excluding carboxylic acids is 2. The van der Waals surface area contributed by atoms with Crippen molar-refractivity contribution in [3.05, 3.63) is 29.8 Å². The van der Waals surface area contributed by atoms with Crippen LogP contribution in [0.4, 0.5) is 0 Å². The summed E-state index contributed by atoms with van der Waals surface area (Å²) in [5, 5.41) is 3.10. The van der Waals surface area contributed by atoms with Gasteiger partial charge in [0.1, 0.15) is 5.75 Å². The number of para-hydroxylation sites is 1. The highest BCUT2D eigenvalue weighted by molar-refractivity contribution is 5.77. The SMILES string of the molecule is CCCCC(=O)N1CCC(NC(=O)CCCOc2ccccc2C)CC1. The topological polar surface area (TPSA) is 58.6 Å². The lowest BCUT2D eigenvalue weighted by atomic mass is 10.0. The molecule has 0 saturated carbocycles. The van der Waals surface area contributed by atoms with E-state index in [0.29, 0.717) is 25.9 Å². The van der Waals surface area contributed by atoms with Crippen molar-refractivity contribution in [2.45, 2.75) is 64.8 Å². The molecule has 26 heavy (non-hydrogen) atoms. The predicted molar refractivity (Wildman–Crippen MR) is 103 cm³/mol. The van der Waals surface area contributed by atoms with E-state index in [2.05, 4.69) is 12.2 Å². The molecular formula is C21H32N2O3. The summed E-state index contributed by atoms with van der Waals surface area (Å²) in [5.41, 5.74) is 1.11. The molecule has 0 unspecified atom stereocenters. The van der Waals surface area contributed by atoms with Gasteiger partial charge >= 0.3 is 0 Å². The molecule has 1 N–H and O–H groups in total. The van der Waals surface area contributed by atoms with E-state index >= 15 is 0 Å². The van der Waals surface area contributed by atoms with Gasteiger partial charge in [-0.05, 0) is 44.2 Å². The molecule has 5 heteroatoms. The number of nitrogens with zero attached hydrogens (tertiary/aromatic N) is 1. The smallest absolute Gasteiger partial charge is 0.222 e. The Labute approximate surface area is 157 Å². The zero-order chi connectivity index (χ0) is 18.8. The number of aryl methyl sites for hydroxylation is 1. The van der Waals surface area contributed by atoms with Gasteiger partial charge in [0.15, 0.2) is 0 Å². The van der Waals surface area contributed by atoms with Crippen molar-refractivity contribution in [1.29, 1.82) is 0 Å². The molecule has 0 atom stereocenters. The maximum absolute atomic E-state index is 12.1. The number of hydrogen-bond donors (Lipinski definition) is 1. The fourth-order valence-corrected chi connectivity index (χ4v) is 3.19. The van der Waals surface area contributed by atoms with E-state index < -0.39 is 0 Å². The van der Waals surface area contributed by atoms with E-state index in [1.807, 2.05) is 36.1 Å². The standard InChI is InChI=1S/C21H32N2O3/c1-3-4-11-21(25)23-14-12-18(13-15-23)22-20(24)10-7-16-26-19-9-6-5-8-17(19)2/h5-6,8-9,18H,3-4,7,10-16H2,1-2H3,(H,22,24). The second kappa shape index (κ2) is 10.8. The quantitative estimate of drug-likeness (QED) is 0.686.